The zero-order valence-corrected chi connectivity index (χ0v) is 13.3. The van der Waals surface area contributed by atoms with E-state index in [1.54, 1.807) is 13.2 Å². The Morgan fingerprint density at radius 2 is 1.92 bits per heavy atom. The zero-order valence-electron chi connectivity index (χ0n) is 13.3. The number of aliphatic carboxylic acids is 1. The van der Waals surface area contributed by atoms with Crippen LogP contribution in [0.15, 0.2) is 30.3 Å². The monoisotopic (exact) mass is 329 g/mol. The van der Waals surface area contributed by atoms with Gasteiger partial charge in [0.2, 0.25) is 0 Å². The average Bonchev–Trinajstić information content (AvgIpc) is 3.25. The number of ether oxygens (including phenoxy) is 1. The Hall–Kier alpha value is -2.83. The number of nitrogens with zero attached hydrogens (tertiary/aromatic N) is 1. The van der Waals surface area contributed by atoms with Crippen molar-refractivity contribution >= 4 is 11.9 Å². The molecule has 0 aliphatic heterocycles. The third-order valence-corrected chi connectivity index (χ3v) is 4.43. The lowest BCUT2D eigenvalue weighted by molar-refractivity contribution is -0.144. The fourth-order valence-corrected chi connectivity index (χ4v) is 3.00. The molecule has 0 spiro atoms. The lowest BCUT2D eigenvalue weighted by Gasteiger charge is -2.24. The van der Waals surface area contributed by atoms with Crippen LogP contribution in [0.3, 0.4) is 0 Å². The van der Waals surface area contributed by atoms with Gasteiger partial charge in [0.15, 0.2) is 0 Å². The minimum absolute atomic E-state index is 0.244. The first-order valence-corrected chi connectivity index (χ1v) is 7.80. The van der Waals surface area contributed by atoms with E-state index in [1.165, 1.54) is 0 Å². The van der Waals surface area contributed by atoms with Crippen molar-refractivity contribution in [2.75, 3.05) is 7.11 Å². The maximum absolute atomic E-state index is 12.4. The van der Waals surface area contributed by atoms with E-state index < -0.39 is 17.4 Å². The molecule has 1 aromatic heterocycles. The Balaban J connectivity index is 1.77. The molecule has 1 fully saturated rings. The van der Waals surface area contributed by atoms with Crippen LogP contribution in [0.25, 0.3) is 11.3 Å². The molecule has 24 heavy (non-hydrogen) atoms. The fourth-order valence-electron chi connectivity index (χ4n) is 3.00. The number of carboxylic acids is 1. The lowest BCUT2D eigenvalue weighted by atomic mass is 9.97. The molecule has 0 saturated heterocycles. The van der Waals surface area contributed by atoms with Crippen LogP contribution in [0.1, 0.15) is 36.2 Å². The molecule has 0 radical (unpaired) electrons. The van der Waals surface area contributed by atoms with Gasteiger partial charge in [0.25, 0.3) is 5.91 Å². The molecule has 1 aliphatic rings. The Morgan fingerprint density at radius 3 is 2.50 bits per heavy atom. The summed E-state index contributed by atoms with van der Waals surface area (Å²) in [5.41, 5.74) is 0.523. The Morgan fingerprint density at radius 1 is 1.25 bits per heavy atom. The van der Waals surface area contributed by atoms with Crippen molar-refractivity contribution < 1.29 is 19.4 Å². The number of nitrogens with one attached hydrogen (secondary N) is 2. The van der Waals surface area contributed by atoms with Crippen molar-refractivity contribution in [3.8, 4) is 17.0 Å². The molecular formula is C17H19N3O4. The van der Waals surface area contributed by atoms with Gasteiger partial charge in [-0.05, 0) is 43.2 Å². The molecule has 2 aromatic rings. The summed E-state index contributed by atoms with van der Waals surface area (Å²) in [6.07, 6.45) is 2.50. The van der Waals surface area contributed by atoms with Gasteiger partial charge in [0.1, 0.15) is 17.0 Å². The number of carbonyl (C=O) groups excluding carboxylic acids is 1. The Kier molecular flexibility index (Phi) is 4.24. The van der Waals surface area contributed by atoms with Gasteiger partial charge in [0.05, 0.1) is 12.8 Å². The van der Waals surface area contributed by atoms with Crippen LogP contribution in [0.5, 0.6) is 5.75 Å². The SMILES string of the molecule is COc1ccc(-c2cc(C(=O)NC3(C(=O)O)CCCC3)[nH]n2)cc1. The highest BCUT2D eigenvalue weighted by Gasteiger charge is 2.42. The Labute approximate surface area is 139 Å². The van der Waals surface area contributed by atoms with Gasteiger partial charge in [-0.1, -0.05) is 12.8 Å². The normalized spacial score (nSPS) is 15.9. The molecule has 1 aliphatic carbocycles. The standard InChI is InChI=1S/C17H19N3O4/c1-24-12-6-4-11(5-7-12)13-10-14(20-19-13)15(21)18-17(16(22)23)8-2-3-9-17/h4-7,10H,2-3,8-9H2,1H3,(H,18,21)(H,19,20)(H,22,23). The molecule has 1 saturated carbocycles. The van der Waals surface area contributed by atoms with Crippen LogP contribution in [0.4, 0.5) is 0 Å². The number of amides is 1. The molecule has 3 N–H and O–H groups in total. The maximum atomic E-state index is 12.4. The molecule has 126 valence electrons. The number of aromatic nitrogens is 2. The van der Waals surface area contributed by atoms with Gasteiger partial charge >= 0.3 is 5.97 Å². The number of benzene rings is 1. The predicted octanol–water partition coefficient (Wildman–Crippen LogP) is 2.21. The third-order valence-electron chi connectivity index (χ3n) is 4.43. The first kappa shape index (κ1) is 16.0. The highest BCUT2D eigenvalue weighted by Crippen LogP contribution is 2.30. The van der Waals surface area contributed by atoms with Gasteiger partial charge in [-0.25, -0.2) is 4.79 Å². The molecular weight excluding hydrogens is 310 g/mol. The summed E-state index contributed by atoms with van der Waals surface area (Å²) >= 11 is 0. The number of methoxy groups -OCH3 is 1. The number of carbonyl (C=O) groups is 2. The van der Waals surface area contributed by atoms with Crippen molar-refractivity contribution in [2.45, 2.75) is 31.2 Å². The van der Waals surface area contributed by atoms with Crippen LogP contribution in [0.2, 0.25) is 0 Å². The predicted molar refractivity (Wildman–Crippen MR) is 86.9 cm³/mol. The number of H-pyrrole nitrogens is 1. The van der Waals surface area contributed by atoms with Gasteiger partial charge in [-0.2, -0.15) is 5.10 Å². The van der Waals surface area contributed by atoms with Gasteiger partial charge in [-0.15, -0.1) is 0 Å². The molecule has 1 amide bonds. The van der Waals surface area contributed by atoms with Crippen LogP contribution in [-0.2, 0) is 4.79 Å². The summed E-state index contributed by atoms with van der Waals surface area (Å²) in [6.45, 7) is 0. The first-order chi connectivity index (χ1) is 11.5. The van der Waals surface area contributed by atoms with Crippen LogP contribution >= 0.6 is 0 Å². The van der Waals surface area contributed by atoms with E-state index in [1.807, 2.05) is 24.3 Å². The largest absolute Gasteiger partial charge is 0.497 e. The second kappa shape index (κ2) is 6.35. The summed E-state index contributed by atoms with van der Waals surface area (Å²) in [5.74, 6) is -0.702. The molecule has 0 unspecified atom stereocenters. The average molecular weight is 329 g/mol. The number of hydrogen-bond acceptors (Lipinski definition) is 4. The summed E-state index contributed by atoms with van der Waals surface area (Å²) in [6, 6.07) is 8.91. The van der Waals surface area contributed by atoms with Crippen molar-refractivity contribution in [2.24, 2.45) is 0 Å². The molecule has 7 nitrogen and oxygen atoms in total. The second-order valence-electron chi connectivity index (χ2n) is 5.94. The molecule has 7 heteroatoms. The molecule has 0 atom stereocenters. The quantitative estimate of drug-likeness (QED) is 0.780. The molecule has 1 heterocycles. The van der Waals surface area contributed by atoms with Gasteiger partial charge in [0, 0.05) is 5.56 Å². The number of aromatic amines is 1. The maximum Gasteiger partial charge on any atom is 0.329 e. The van der Waals surface area contributed by atoms with E-state index in [0.717, 1.165) is 24.2 Å². The van der Waals surface area contributed by atoms with Crippen LogP contribution in [-0.4, -0.2) is 39.8 Å². The van der Waals surface area contributed by atoms with Crippen molar-refractivity contribution in [1.82, 2.24) is 15.5 Å². The Bertz CT molecular complexity index is 745. The highest BCUT2D eigenvalue weighted by atomic mass is 16.5. The van der Waals surface area contributed by atoms with E-state index in [0.29, 0.717) is 18.5 Å². The van der Waals surface area contributed by atoms with E-state index in [9.17, 15) is 14.7 Å². The first-order valence-electron chi connectivity index (χ1n) is 7.80. The summed E-state index contributed by atoms with van der Waals surface area (Å²) in [7, 11) is 1.59. The number of carboxylic acid groups (broad SMARTS) is 1. The number of hydrogen-bond donors (Lipinski definition) is 3. The van der Waals surface area contributed by atoms with E-state index in [2.05, 4.69) is 15.5 Å². The van der Waals surface area contributed by atoms with E-state index in [-0.39, 0.29) is 5.69 Å². The van der Waals surface area contributed by atoms with Crippen molar-refractivity contribution in [3.63, 3.8) is 0 Å². The minimum Gasteiger partial charge on any atom is -0.497 e. The fraction of sp³-hybridized carbons (Fsp3) is 0.353. The van der Waals surface area contributed by atoms with Gasteiger partial charge < -0.3 is 15.2 Å². The van der Waals surface area contributed by atoms with E-state index in [4.69, 9.17) is 4.74 Å². The molecule has 3 rings (SSSR count). The van der Waals surface area contributed by atoms with Crippen molar-refractivity contribution in [3.05, 3.63) is 36.0 Å². The summed E-state index contributed by atoms with van der Waals surface area (Å²) in [5, 5.41) is 18.9. The number of rotatable bonds is 5. The molecule has 0 bridgehead atoms. The molecule has 1 aromatic carbocycles. The van der Waals surface area contributed by atoms with Crippen LogP contribution in [0, 0.1) is 0 Å². The topological polar surface area (TPSA) is 104 Å². The summed E-state index contributed by atoms with van der Waals surface area (Å²) in [4.78, 5) is 23.9. The third kappa shape index (κ3) is 2.97. The van der Waals surface area contributed by atoms with Gasteiger partial charge in [-0.3, -0.25) is 9.89 Å². The van der Waals surface area contributed by atoms with Crippen LogP contribution < -0.4 is 10.1 Å². The minimum atomic E-state index is -1.16. The highest BCUT2D eigenvalue weighted by molar-refractivity contribution is 5.97. The summed E-state index contributed by atoms with van der Waals surface area (Å²) < 4.78 is 5.11. The second-order valence-corrected chi connectivity index (χ2v) is 5.94. The van der Waals surface area contributed by atoms with E-state index >= 15 is 0 Å². The zero-order chi connectivity index (χ0) is 17.2. The lowest BCUT2D eigenvalue weighted by Crippen LogP contribution is -2.52. The van der Waals surface area contributed by atoms with Crippen molar-refractivity contribution in [1.29, 1.82) is 0 Å². The smallest absolute Gasteiger partial charge is 0.329 e.